The Balaban J connectivity index is 1.46. The fourth-order valence-electron chi connectivity index (χ4n) is 3.54. The number of carbonyl (C=O) groups is 1. The number of pyridine rings is 1. The van der Waals surface area contributed by atoms with Crippen LogP contribution in [0.1, 0.15) is 16.1 Å². The lowest BCUT2D eigenvalue weighted by Gasteiger charge is -2.04. The average Bonchev–Trinajstić information content (AvgIpc) is 3.15. The van der Waals surface area contributed by atoms with E-state index in [0.29, 0.717) is 37.5 Å². The molecule has 0 bridgehead atoms. The molecule has 0 amide bonds. The molecule has 5 rings (SSSR count). The molecule has 0 aliphatic carbocycles. The van der Waals surface area contributed by atoms with E-state index in [1.54, 1.807) is 30.3 Å². The molecule has 0 unspecified atom stereocenters. The maximum absolute atomic E-state index is 12.9. The quantitative estimate of drug-likeness (QED) is 0.286. The number of Topliss-reactive ketones (excluding diaryl/α,β-unsaturated/α-hetero) is 1. The molecule has 5 aromatic rings. The van der Waals surface area contributed by atoms with Crippen LogP contribution in [0.15, 0.2) is 66.7 Å². The van der Waals surface area contributed by atoms with E-state index in [-0.39, 0.29) is 12.2 Å². The first-order chi connectivity index (χ1) is 15.0. The SMILES string of the molecule is O=C(Cc1ccc2ccccc2n1)c1ccc2nc(-c3c(Cl)cc(Cl)cc3Cl)[nH]c2c1. The number of halogens is 3. The van der Waals surface area contributed by atoms with Crippen LogP contribution in [-0.2, 0) is 6.42 Å². The van der Waals surface area contributed by atoms with E-state index in [4.69, 9.17) is 34.8 Å². The van der Waals surface area contributed by atoms with Gasteiger partial charge >= 0.3 is 0 Å². The maximum Gasteiger partial charge on any atom is 0.168 e. The fourth-order valence-corrected chi connectivity index (χ4v) is 4.54. The number of imidazole rings is 1. The highest BCUT2D eigenvalue weighted by atomic mass is 35.5. The largest absolute Gasteiger partial charge is 0.338 e. The van der Waals surface area contributed by atoms with E-state index in [1.807, 2.05) is 36.4 Å². The van der Waals surface area contributed by atoms with Gasteiger partial charge in [0.05, 0.1) is 38.6 Å². The van der Waals surface area contributed by atoms with Crippen LogP contribution in [0, 0.1) is 0 Å². The number of aromatic amines is 1. The topological polar surface area (TPSA) is 58.6 Å². The molecule has 0 saturated heterocycles. The Morgan fingerprint density at radius 2 is 1.61 bits per heavy atom. The van der Waals surface area contributed by atoms with Gasteiger partial charge in [0.25, 0.3) is 0 Å². The Kier molecular flexibility index (Phi) is 5.14. The number of hydrogen-bond acceptors (Lipinski definition) is 3. The van der Waals surface area contributed by atoms with Crippen molar-refractivity contribution in [3.05, 3.63) is 93.1 Å². The second kappa shape index (κ2) is 7.97. The van der Waals surface area contributed by atoms with Gasteiger partial charge in [-0.3, -0.25) is 9.78 Å². The highest BCUT2D eigenvalue weighted by molar-refractivity contribution is 6.41. The van der Waals surface area contributed by atoms with Gasteiger partial charge in [-0.15, -0.1) is 0 Å². The van der Waals surface area contributed by atoms with Gasteiger partial charge in [0, 0.05) is 21.7 Å². The van der Waals surface area contributed by atoms with Crippen molar-refractivity contribution in [2.24, 2.45) is 0 Å². The Bertz CT molecular complexity index is 1450. The monoisotopic (exact) mass is 465 g/mol. The standard InChI is InChI=1S/C24H14Cl3N3O/c25-15-10-17(26)23(18(27)11-15)24-29-20-8-6-14(9-21(20)30-24)22(31)12-16-7-5-13-3-1-2-4-19(13)28-16/h1-11H,12H2,(H,29,30). The molecule has 0 radical (unpaired) electrons. The van der Waals surface area contributed by atoms with Crippen LogP contribution in [0.4, 0.5) is 0 Å². The molecule has 0 aliphatic heterocycles. The van der Waals surface area contributed by atoms with Crippen molar-refractivity contribution in [3.63, 3.8) is 0 Å². The Morgan fingerprint density at radius 1 is 0.839 bits per heavy atom. The number of aromatic nitrogens is 3. The van der Waals surface area contributed by atoms with Crippen molar-refractivity contribution < 1.29 is 4.79 Å². The van der Waals surface area contributed by atoms with Gasteiger partial charge in [0.1, 0.15) is 5.82 Å². The number of hydrogen-bond donors (Lipinski definition) is 1. The van der Waals surface area contributed by atoms with E-state index in [9.17, 15) is 4.79 Å². The predicted molar refractivity (Wildman–Crippen MR) is 126 cm³/mol. The van der Waals surface area contributed by atoms with Gasteiger partial charge in [-0.05, 0) is 42.5 Å². The van der Waals surface area contributed by atoms with Crippen molar-refractivity contribution >= 4 is 62.5 Å². The van der Waals surface area contributed by atoms with Gasteiger partial charge in [0.15, 0.2) is 5.78 Å². The number of rotatable bonds is 4. The number of para-hydroxylation sites is 1. The van der Waals surface area contributed by atoms with Crippen molar-refractivity contribution in [3.8, 4) is 11.4 Å². The molecule has 7 heteroatoms. The summed E-state index contributed by atoms with van der Waals surface area (Å²) >= 11 is 18.6. The van der Waals surface area contributed by atoms with Crippen LogP contribution in [0.25, 0.3) is 33.3 Å². The molecule has 152 valence electrons. The maximum atomic E-state index is 12.9. The molecule has 0 spiro atoms. The molecular formula is C24H14Cl3N3O. The van der Waals surface area contributed by atoms with Crippen molar-refractivity contribution in [2.45, 2.75) is 6.42 Å². The number of nitrogens with zero attached hydrogens (tertiary/aromatic N) is 2. The zero-order valence-electron chi connectivity index (χ0n) is 16.0. The fraction of sp³-hybridized carbons (Fsp3) is 0.0417. The number of carbonyl (C=O) groups excluding carboxylic acids is 1. The van der Waals surface area contributed by atoms with Crippen LogP contribution < -0.4 is 0 Å². The van der Waals surface area contributed by atoms with Crippen LogP contribution in [0.2, 0.25) is 15.1 Å². The van der Waals surface area contributed by atoms with E-state index in [0.717, 1.165) is 22.1 Å². The minimum absolute atomic E-state index is 0.0246. The van der Waals surface area contributed by atoms with E-state index in [1.165, 1.54) is 0 Å². The zero-order chi connectivity index (χ0) is 21.5. The smallest absolute Gasteiger partial charge is 0.168 e. The van der Waals surface area contributed by atoms with Gasteiger partial charge in [-0.1, -0.05) is 59.1 Å². The van der Waals surface area contributed by atoms with Gasteiger partial charge in [-0.25, -0.2) is 4.98 Å². The third-order valence-corrected chi connectivity index (χ3v) is 5.86. The summed E-state index contributed by atoms with van der Waals surface area (Å²) in [6.45, 7) is 0. The molecule has 0 atom stereocenters. The number of fused-ring (bicyclic) bond motifs is 2. The first-order valence-corrected chi connectivity index (χ1v) is 10.6. The Hall–Kier alpha value is -2.92. The molecule has 0 aliphatic rings. The highest BCUT2D eigenvalue weighted by Gasteiger charge is 2.16. The van der Waals surface area contributed by atoms with E-state index < -0.39 is 0 Å². The minimum Gasteiger partial charge on any atom is -0.338 e. The highest BCUT2D eigenvalue weighted by Crippen LogP contribution is 2.36. The van der Waals surface area contributed by atoms with E-state index >= 15 is 0 Å². The predicted octanol–water partition coefficient (Wildman–Crippen LogP) is 7.16. The molecule has 2 heterocycles. The summed E-state index contributed by atoms with van der Waals surface area (Å²) in [5.74, 6) is 0.492. The summed E-state index contributed by atoms with van der Waals surface area (Å²) < 4.78 is 0. The van der Waals surface area contributed by atoms with Gasteiger partial charge in [-0.2, -0.15) is 0 Å². The number of H-pyrrole nitrogens is 1. The lowest BCUT2D eigenvalue weighted by Crippen LogP contribution is -2.05. The molecule has 4 nitrogen and oxygen atoms in total. The molecule has 0 fully saturated rings. The van der Waals surface area contributed by atoms with Crippen LogP contribution in [0.3, 0.4) is 0 Å². The molecule has 3 aromatic carbocycles. The zero-order valence-corrected chi connectivity index (χ0v) is 18.3. The second-order valence-electron chi connectivity index (χ2n) is 7.16. The third kappa shape index (κ3) is 3.90. The van der Waals surface area contributed by atoms with Crippen LogP contribution >= 0.6 is 34.8 Å². The molecule has 2 aromatic heterocycles. The molecular weight excluding hydrogens is 453 g/mol. The summed E-state index contributed by atoms with van der Waals surface area (Å²) in [7, 11) is 0. The van der Waals surface area contributed by atoms with Gasteiger partial charge < -0.3 is 4.98 Å². The molecule has 31 heavy (non-hydrogen) atoms. The normalized spacial score (nSPS) is 11.3. The minimum atomic E-state index is -0.0246. The summed E-state index contributed by atoms with van der Waals surface area (Å²) in [4.78, 5) is 25.2. The van der Waals surface area contributed by atoms with Crippen molar-refractivity contribution in [2.75, 3.05) is 0 Å². The Labute approximate surface area is 192 Å². The summed E-state index contributed by atoms with van der Waals surface area (Å²) in [5, 5.41) is 2.29. The number of ketones is 1. The summed E-state index contributed by atoms with van der Waals surface area (Å²) in [6, 6.07) is 20.3. The third-order valence-electron chi connectivity index (χ3n) is 5.05. The lowest BCUT2D eigenvalue weighted by molar-refractivity contribution is 0.0992. The first-order valence-electron chi connectivity index (χ1n) is 9.50. The number of nitrogens with one attached hydrogen (secondary N) is 1. The summed E-state index contributed by atoms with van der Waals surface area (Å²) in [5.41, 5.74) is 4.17. The second-order valence-corrected chi connectivity index (χ2v) is 8.41. The molecule has 1 N–H and O–H groups in total. The summed E-state index contributed by atoms with van der Waals surface area (Å²) in [6.07, 6.45) is 0.214. The number of benzene rings is 3. The lowest BCUT2D eigenvalue weighted by atomic mass is 10.0. The van der Waals surface area contributed by atoms with Crippen LogP contribution in [-0.4, -0.2) is 20.7 Å². The van der Waals surface area contributed by atoms with Crippen LogP contribution in [0.5, 0.6) is 0 Å². The average molecular weight is 467 g/mol. The first kappa shape index (κ1) is 20.0. The molecule has 0 saturated carbocycles. The van der Waals surface area contributed by atoms with Gasteiger partial charge in [0.2, 0.25) is 0 Å². The van der Waals surface area contributed by atoms with Crippen molar-refractivity contribution in [1.82, 2.24) is 15.0 Å². The van der Waals surface area contributed by atoms with Crippen molar-refractivity contribution in [1.29, 1.82) is 0 Å². The van der Waals surface area contributed by atoms with E-state index in [2.05, 4.69) is 15.0 Å². The Morgan fingerprint density at radius 3 is 2.42 bits per heavy atom.